The predicted octanol–water partition coefficient (Wildman–Crippen LogP) is 1.38. The van der Waals surface area contributed by atoms with Gasteiger partial charge in [-0.15, -0.1) is 0 Å². The molecule has 0 spiro atoms. The largest absolute Gasteiger partial charge is 0.469 e. The summed E-state index contributed by atoms with van der Waals surface area (Å²) >= 11 is 0. The first-order chi connectivity index (χ1) is 8.56. The molecule has 1 aromatic rings. The number of carbonyl (C=O) groups excluding carboxylic acids is 1. The van der Waals surface area contributed by atoms with E-state index >= 15 is 0 Å². The topological polar surface area (TPSA) is 85.6 Å². The SMILES string of the molecule is COC(=O)CCCN(C)c1ccncc1[N+](=O)[O-]. The fourth-order valence-corrected chi connectivity index (χ4v) is 1.53. The van der Waals surface area contributed by atoms with Crippen molar-refractivity contribution < 1.29 is 14.5 Å². The zero-order chi connectivity index (χ0) is 13.5. The Morgan fingerprint density at radius 3 is 2.94 bits per heavy atom. The van der Waals surface area contributed by atoms with E-state index in [0.29, 0.717) is 25.1 Å². The number of ether oxygens (including phenoxy) is 1. The van der Waals surface area contributed by atoms with Crippen molar-refractivity contribution in [2.45, 2.75) is 12.8 Å². The van der Waals surface area contributed by atoms with E-state index in [2.05, 4.69) is 9.72 Å². The van der Waals surface area contributed by atoms with Crippen molar-refractivity contribution in [2.24, 2.45) is 0 Å². The molecule has 7 heteroatoms. The Labute approximate surface area is 105 Å². The van der Waals surface area contributed by atoms with E-state index in [-0.39, 0.29) is 11.7 Å². The fraction of sp³-hybridized carbons (Fsp3) is 0.455. The highest BCUT2D eigenvalue weighted by Gasteiger charge is 2.16. The van der Waals surface area contributed by atoms with E-state index in [1.165, 1.54) is 19.5 Å². The molecule has 18 heavy (non-hydrogen) atoms. The molecule has 0 atom stereocenters. The summed E-state index contributed by atoms with van der Waals surface area (Å²) in [4.78, 5) is 26.7. The molecule has 0 amide bonds. The van der Waals surface area contributed by atoms with Crippen LogP contribution in [0.1, 0.15) is 12.8 Å². The standard InChI is InChI=1S/C11H15N3O4/c1-13(7-3-4-11(15)18-2)9-5-6-12-8-10(9)14(16)17/h5-6,8H,3-4,7H2,1-2H3. The second kappa shape index (κ2) is 6.53. The maximum atomic E-state index is 10.9. The summed E-state index contributed by atoms with van der Waals surface area (Å²) in [7, 11) is 3.07. The number of esters is 1. The minimum absolute atomic E-state index is 0.0435. The summed E-state index contributed by atoms with van der Waals surface area (Å²) in [5.41, 5.74) is 0.443. The van der Waals surface area contributed by atoms with Gasteiger partial charge in [0.05, 0.1) is 12.0 Å². The fourth-order valence-electron chi connectivity index (χ4n) is 1.53. The van der Waals surface area contributed by atoms with Crippen LogP contribution in [0.15, 0.2) is 18.5 Å². The Morgan fingerprint density at radius 2 is 2.33 bits per heavy atom. The zero-order valence-electron chi connectivity index (χ0n) is 10.3. The summed E-state index contributed by atoms with van der Waals surface area (Å²) in [6.45, 7) is 0.528. The maximum absolute atomic E-state index is 10.9. The zero-order valence-corrected chi connectivity index (χ0v) is 10.3. The second-order valence-corrected chi connectivity index (χ2v) is 3.72. The van der Waals surface area contributed by atoms with Crippen LogP contribution >= 0.6 is 0 Å². The molecule has 0 aliphatic rings. The molecule has 0 unspecified atom stereocenters. The van der Waals surface area contributed by atoms with Crippen molar-refractivity contribution in [2.75, 3.05) is 25.6 Å². The van der Waals surface area contributed by atoms with Crippen molar-refractivity contribution in [1.82, 2.24) is 4.98 Å². The van der Waals surface area contributed by atoms with Gasteiger partial charge in [0.1, 0.15) is 11.9 Å². The Kier molecular flexibility index (Phi) is 5.04. The van der Waals surface area contributed by atoms with Gasteiger partial charge in [-0.1, -0.05) is 0 Å². The second-order valence-electron chi connectivity index (χ2n) is 3.72. The molecule has 0 radical (unpaired) electrons. The van der Waals surface area contributed by atoms with Crippen LogP contribution in [-0.4, -0.2) is 36.6 Å². The van der Waals surface area contributed by atoms with Crippen LogP contribution in [0, 0.1) is 10.1 Å². The average Bonchev–Trinajstić information content (AvgIpc) is 2.38. The number of methoxy groups -OCH3 is 1. The van der Waals surface area contributed by atoms with Crippen molar-refractivity contribution in [3.63, 3.8) is 0 Å². The number of carbonyl (C=O) groups is 1. The van der Waals surface area contributed by atoms with Crippen molar-refractivity contribution in [3.05, 3.63) is 28.6 Å². The van der Waals surface area contributed by atoms with Crippen molar-refractivity contribution in [1.29, 1.82) is 0 Å². The summed E-state index contributed by atoms with van der Waals surface area (Å²) in [6.07, 6.45) is 3.58. The van der Waals surface area contributed by atoms with Gasteiger partial charge >= 0.3 is 11.7 Å². The van der Waals surface area contributed by atoms with Crippen LogP contribution in [0.25, 0.3) is 0 Å². The molecule has 0 fully saturated rings. The van der Waals surface area contributed by atoms with Gasteiger partial charge in [-0.2, -0.15) is 0 Å². The lowest BCUT2D eigenvalue weighted by Crippen LogP contribution is -2.20. The van der Waals surface area contributed by atoms with Crippen LogP contribution in [0.3, 0.4) is 0 Å². The third-order valence-electron chi connectivity index (χ3n) is 2.49. The van der Waals surface area contributed by atoms with Gasteiger partial charge in [0, 0.05) is 26.2 Å². The number of rotatable bonds is 6. The third-order valence-corrected chi connectivity index (χ3v) is 2.49. The van der Waals surface area contributed by atoms with Gasteiger partial charge < -0.3 is 9.64 Å². The van der Waals surface area contributed by atoms with Crippen LogP contribution in [0.4, 0.5) is 11.4 Å². The van der Waals surface area contributed by atoms with Gasteiger partial charge in [0.2, 0.25) is 0 Å². The highest BCUT2D eigenvalue weighted by Crippen LogP contribution is 2.25. The first-order valence-electron chi connectivity index (χ1n) is 5.42. The quantitative estimate of drug-likeness (QED) is 0.432. The lowest BCUT2D eigenvalue weighted by molar-refractivity contribution is -0.384. The smallest absolute Gasteiger partial charge is 0.310 e. The molecule has 1 rings (SSSR count). The lowest BCUT2D eigenvalue weighted by atomic mass is 10.2. The third kappa shape index (κ3) is 3.69. The molecule has 0 saturated carbocycles. The Bertz CT molecular complexity index is 436. The molecule has 1 aromatic heterocycles. The Morgan fingerprint density at radius 1 is 1.61 bits per heavy atom. The monoisotopic (exact) mass is 253 g/mol. The van der Waals surface area contributed by atoms with Crippen LogP contribution in [0.5, 0.6) is 0 Å². The molecular formula is C11H15N3O4. The van der Waals surface area contributed by atoms with Gasteiger partial charge in [-0.25, -0.2) is 0 Å². The van der Waals surface area contributed by atoms with Gasteiger partial charge in [-0.3, -0.25) is 19.9 Å². The molecule has 0 bridgehead atoms. The van der Waals surface area contributed by atoms with Crippen LogP contribution < -0.4 is 4.90 Å². The number of pyridine rings is 1. The molecular weight excluding hydrogens is 238 g/mol. The summed E-state index contributed by atoms with van der Waals surface area (Å²) in [6, 6.07) is 1.58. The highest BCUT2D eigenvalue weighted by molar-refractivity contribution is 5.69. The first-order valence-corrected chi connectivity index (χ1v) is 5.42. The molecule has 0 saturated heterocycles. The van der Waals surface area contributed by atoms with E-state index in [4.69, 9.17) is 0 Å². The summed E-state index contributed by atoms with van der Waals surface area (Å²) in [5, 5.41) is 10.8. The van der Waals surface area contributed by atoms with Crippen LogP contribution in [0.2, 0.25) is 0 Å². The molecule has 1 heterocycles. The number of hydrogen-bond acceptors (Lipinski definition) is 6. The predicted molar refractivity (Wildman–Crippen MR) is 65.4 cm³/mol. The number of aromatic nitrogens is 1. The van der Waals surface area contributed by atoms with E-state index < -0.39 is 4.92 Å². The molecule has 0 aliphatic carbocycles. The van der Waals surface area contributed by atoms with Crippen LogP contribution in [-0.2, 0) is 9.53 Å². The maximum Gasteiger partial charge on any atom is 0.310 e. The average molecular weight is 253 g/mol. The van der Waals surface area contributed by atoms with E-state index in [1.54, 1.807) is 18.0 Å². The summed E-state index contributed by atoms with van der Waals surface area (Å²) < 4.78 is 4.52. The number of nitrogens with zero attached hydrogens (tertiary/aromatic N) is 3. The molecule has 98 valence electrons. The highest BCUT2D eigenvalue weighted by atomic mass is 16.6. The Hall–Kier alpha value is -2.18. The number of anilines is 1. The van der Waals surface area contributed by atoms with Crippen molar-refractivity contribution in [3.8, 4) is 0 Å². The lowest BCUT2D eigenvalue weighted by Gasteiger charge is -2.18. The van der Waals surface area contributed by atoms with Crippen molar-refractivity contribution >= 4 is 17.3 Å². The Balaban J connectivity index is 2.64. The number of nitro groups is 1. The molecule has 0 N–H and O–H groups in total. The normalized spacial score (nSPS) is 9.89. The molecule has 0 aromatic carbocycles. The molecule has 7 nitrogen and oxygen atoms in total. The van der Waals surface area contributed by atoms with Gasteiger partial charge in [0.25, 0.3) is 0 Å². The number of hydrogen-bond donors (Lipinski definition) is 0. The first kappa shape index (κ1) is 13.9. The van der Waals surface area contributed by atoms with Gasteiger partial charge in [0.15, 0.2) is 0 Å². The minimum Gasteiger partial charge on any atom is -0.469 e. The van der Waals surface area contributed by atoms with E-state index in [1.807, 2.05) is 0 Å². The van der Waals surface area contributed by atoms with Gasteiger partial charge in [-0.05, 0) is 12.5 Å². The minimum atomic E-state index is -0.473. The van der Waals surface area contributed by atoms with E-state index in [0.717, 1.165) is 0 Å². The van der Waals surface area contributed by atoms with E-state index in [9.17, 15) is 14.9 Å². The summed E-state index contributed by atoms with van der Waals surface area (Å²) in [5.74, 6) is -0.285. The molecule has 0 aliphatic heterocycles.